The molecule has 0 aliphatic carbocycles. The topological polar surface area (TPSA) is 109 Å². The maximum absolute atomic E-state index is 10.6. The van der Waals surface area contributed by atoms with Crippen LogP contribution in [0.4, 0.5) is 5.69 Å². The smallest absolute Gasteiger partial charge is 0.269 e. The highest BCUT2D eigenvalue weighted by Crippen LogP contribution is 2.22. The second kappa shape index (κ2) is 6.78. The second-order valence-electron chi connectivity index (χ2n) is 4.34. The van der Waals surface area contributed by atoms with Gasteiger partial charge in [0.1, 0.15) is 17.9 Å². The van der Waals surface area contributed by atoms with Crippen LogP contribution in [0.25, 0.3) is 0 Å². The van der Waals surface area contributed by atoms with Crippen LogP contribution in [-0.4, -0.2) is 34.0 Å². The lowest BCUT2D eigenvalue weighted by Gasteiger charge is -2.17. The second-order valence-corrected chi connectivity index (χ2v) is 4.34. The van der Waals surface area contributed by atoms with Crippen LogP contribution in [0.2, 0.25) is 0 Å². The predicted octanol–water partition coefficient (Wildman–Crippen LogP) is 1.70. The van der Waals surface area contributed by atoms with Gasteiger partial charge in [-0.1, -0.05) is 0 Å². The van der Waals surface area contributed by atoms with E-state index in [-0.39, 0.29) is 12.3 Å². The van der Waals surface area contributed by atoms with Gasteiger partial charge in [0.2, 0.25) is 0 Å². The van der Waals surface area contributed by atoms with E-state index < -0.39 is 17.1 Å². The summed E-state index contributed by atoms with van der Waals surface area (Å²) in [6.07, 6.45) is 1.83. The molecule has 0 saturated carbocycles. The van der Waals surface area contributed by atoms with Crippen molar-refractivity contribution < 1.29 is 19.6 Å². The van der Waals surface area contributed by atoms with Crippen molar-refractivity contribution in [1.82, 2.24) is 0 Å². The van der Waals surface area contributed by atoms with Gasteiger partial charge >= 0.3 is 0 Å². The van der Waals surface area contributed by atoms with E-state index in [1.807, 2.05) is 0 Å². The lowest BCUT2D eigenvalue weighted by Crippen LogP contribution is -2.21. The molecule has 0 amide bonds. The quantitative estimate of drug-likeness (QED) is 0.478. The molecule has 0 saturated heterocycles. The zero-order chi connectivity index (χ0) is 15.2. The Morgan fingerprint density at radius 1 is 1.33 bits per heavy atom. The Morgan fingerprint density at radius 2 is 2.05 bits per heavy atom. The van der Waals surface area contributed by atoms with Gasteiger partial charge in [-0.15, -0.1) is 0 Å². The van der Waals surface area contributed by atoms with Gasteiger partial charge < -0.3 is 14.6 Å². The molecule has 2 aromatic rings. The molecule has 1 aromatic heterocycles. The van der Waals surface area contributed by atoms with Gasteiger partial charge in [-0.2, -0.15) is 0 Å². The van der Waals surface area contributed by atoms with Gasteiger partial charge in [-0.25, -0.2) is 0 Å². The van der Waals surface area contributed by atoms with E-state index in [1.165, 1.54) is 36.7 Å². The van der Waals surface area contributed by atoms with Crippen molar-refractivity contribution in [3.8, 4) is 0 Å². The van der Waals surface area contributed by atoms with Crippen LogP contribution in [0.15, 0.2) is 52.1 Å². The summed E-state index contributed by atoms with van der Waals surface area (Å²) in [4.78, 5) is 14.1. The number of aliphatic hydroxyl groups is 2. The van der Waals surface area contributed by atoms with Crippen LogP contribution in [0.5, 0.6) is 0 Å². The average Bonchev–Trinajstić information content (AvgIpc) is 3.01. The Balaban J connectivity index is 2.12. The summed E-state index contributed by atoms with van der Waals surface area (Å²) in [5, 5.41) is 30.1. The molecule has 1 heterocycles. The van der Waals surface area contributed by atoms with E-state index in [0.29, 0.717) is 11.3 Å². The third-order valence-corrected chi connectivity index (χ3v) is 2.93. The Morgan fingerprint density at radius 3 is 2.57 bits per heavy atom. The fourth-order valence-electron chi connectivity index (χ4n) is 1.78. The molecule has 1 aromatic carbocycles. The summed E-state index contributed by atoms with van der Waals surface area (Å²) in [5.74, 6) is 0.504. The van der Waals surface area contributed by atoms with Crippen LogP contribution in [0.1, 0.15) is 17.4 Å². The number of nitro benzene ring substituents is 1. The van der Waals surface area contributed by atoms with Crippen molar-refractivity contribution in [2.75, 3.05) is 6.61 Å². The molecule has 0 radical (unpaired) electrons. The fraction of sp³-hybridized carbons (Fsp3) is 0.214. The molecule has 0 bridgehead atoms. The Hall–Kier alpha value is -2.51. The minimum absolute atomic E-state index is 0.0643. The number of aliphatic imine (C=N–C) groups is 1. The highest BCUT2D eigenvalue weighted by molar-refractivity contribution is 5.75. The highest BCUT2D eigenvalue weighted by Gasteiger charge is 2.20. The molecule has 7 heteroatoms. The number of aliphatic hydroxyl groups excluding tert-OH is 2. The van der Waals surface area contributed by atoms with E-state index >= 15 is 0 Å². The Bertz CT molecular complexity index is 607. The summed E-state index contributed by atoms with van der Waals surface area (Å²) in [6, 6.07) is 8.07. The van der Waals surface area contributed by atoms with Crippen LogP contribution < -0.4 is 0 Å². The normalized spacial score (nSPS) is 14.2. The Labute approximate surface area is 120 Å². The molecule has 0 aliphatic heterocycles. The van der Waals surface area contributed by atoms with Crippen LogP contribution in [0.3, 0.4) is 0 Å². The van der Waals surface area contributed by atoms with Gasteiger partial charge in [0, 0.05) is 12.1 Å². The minimum Gasteiger partial charge on any atom is -0.463 e. The van der Waals surface area contributed by atoms with Crippen molar-refractivity contribution in [2.24, 2.45) is 4.99 Å². The average molecular weight is 290 g/mol. The third kappa shape index (κ3) is 3.74. The number of rotatable bonds is 6. The molecular weight excluding hydrogens is 276 g/mol. The molecule has 7 nitrogen and oxygen atoms in total. The molecule has 2 rings (SSSR count). The van der Waals surface area contributed by atoms with Gasteiger partial charge in [0.25, 0.3) is 5.69 Å². The predicted molar refractivity (Wildman–Crippen MR) is 75.2 cm³/mol. The number of nitrogens with zero attached hydrogens (tertiary/aromatic N) is 2. The first-order chi connectivity index (χ1) is 10.1. The number of hydrogen-bond acceptors (Lipinski definition) is 6. The van der Waals surface area contributed by atoms with Gasteiger partial charge in [0.05, 0.1) is 24.0 Å². The van der Waals surface area contributed by atoms with Gasteiger partial charge in [-0.05, 0) is 29.8 Å². The van der Waals surface area contributed by atoms with E-state index in [4.69, 9.17) is 4.42 Å². The van der Waals surface area contributed by atoms with Crippen molar-refractivity contribution >= 4 is 11.9 Å². The summed E-state index contributed by atoms with van der Waals surface area (Å²) in [7, 11) is 0. The summed E-state index contributed by atoms with van der Waals surface area (Å²) < 4.78 is 5.07. The van der Waals surface area contributed by atoms with E-state index in [9.17, 15) is 20.3 Å². The zero-order valence-corrected chi connectivity index (χ0v) is 11.0. The number of nitro groups is 1. The molecule has 0 spiro atoms. The van der Waals surface area contributed by atoms with E-state index in [1.54, 1.807) is 12.1 Å². The first-order valence-corrected chi connectivity index (χ1v) is 6.22. The highest BCUT2D eigenvalue weighted by atomic mass is 16.6. The molecule has 2 unspecified atom stereocenters. The number of hydrogen-bond donors (Lipinski definition) is 2. The van der Waals surface area contributed by atoms with Gasteiger partial charge in [0.15, 0.2) is 0 Å². The first-order valence-electron chi connectivity index (χ1n) is 6.22. The van der Waals surface area contributed by atoms with Crippen molar-refractivity contribution in [1.29, 1.82) is 0 Å². The molecule has 21 heavy (non-hydrogen) atoms. The summed E-state index contributed by atoms with van der Waals surface area (Å²) in [5.41, 5.74) is 0.377. The SMILES string of the molecule is O=[N+]([O-])c1ccc(C(O)C(CO)N=Cc2ccco2)cc1. The number of furan rings is 1. The summed E-state index contributed by atoms with van der Waals surface area (Å²) in [6.45, 7) is -0.366. The molecular formula is C14H14N2O5. The largest absolute Gasteiger partial charge is 0.463 e. The van der Waals surface area contributed by atoms with Crippen LogP contribution in [-0.2, 0) is 0 Å². The van der Waals surface area contributed by atoms with Crippen molar-refractivity contribution in [2.45, 2.75) is 12.1 Å². The monoisotopic (exact) mass is 290 g/mol. The van der Waals surface area contributed by atoms with E-state index in [0.717, 1.165) is 0 Å². The number of non-ortho nitro benzene ring substituents is 1. The van der Waals surface area contributed by atoms with E-state index in [2.05, 4.69) is 4.99 Å². The fourth-order valence-corrected chi connectivity index (χ4v) is 1.78. The standard InChI is InChI=1S/C14H14N2O5/c17-9-13(15-8-12-2-1-7-21-12)14(18)10-3-5-11(6-4-10)16(19)20/h1-8,13-14,17-18H,9H2. The van der Waals surface area contributed by atoms with Crippen LogP contribution >= 0.6 is 0 Å². The molecule has 2 atom stereocenters. The zero-order valence-electron chi connectivity index (χ0n) is 11.0. The number of benzene rings is 1. The lowest BCUT2D eigenvalue weighted by atomic mass is 10.0. The molecule has 0 fully saturated rings. The Kier molecular flexibility index (Phi) is 4.81. The maximum Gasteiger partial charge on any atom is 0.269 e. The van der Waals surface area contributed by atoms with Gasteiger partial charge in [-0.3, -0.25) is 15.1 Å². The lowest BCUT2D eigenvalue weighted by molar-refractivity contribution is -0.384. The molecule has 0 aliphatic rings. The van der Waals surface area contributed by atoms with Crippen molar-refractivity contribution in [3.63, 3.8) is 0 Å². The van der Waals surface area contributed by atoms with Crippen LogP contribution in [0, 0.1) is 10.1 Å². The third-order valence-electron chi connectivity index (χ3n) is 2.93. The molecule has 2 N–H and O–H groups in total. The molecule has 110 valence electrons. The first kappa shape index (κ1) is 14.9. The van der Waals surface area contributed by atoms with Crippen molar-refractivity contribution in [3.05, 3.63) is 64.1 Å². The minimum atomic E-state index is -1.07. The summed E-state index contributed by atoms with van der Waals surface area (Å²) >= 11 is 0. The maximum atomic E-state index is 10.6.